The van der Waals surface area contributed by atoms with Gasteiger partial charge in [0.05, 0.1) is 11.4 Å². The van der Waals surface area contributed by atoms with Gasteiger partial charge >= 0.3 is 0 Å². The number of hydrogen-bond acceptors (Lipinski definition) is 1. The Morgan fingerprint density at radius 1 is 1.71 bits per heavy atom. The van der Waals surface area contributed by atoms with Crippen molar-refractivity contribution in [3.8, 4) is 6.07 Å². The van der Waals surface area contributed by atoms with Crippen LogP contribution in [0.4, 0.5) is 0 Å². The molecule has 0 spiro atoms. The molecule has 0 fully saturated rings. The molecule has 0 aliphatic heterocycles. The highest BCUT2D eigenvalue weighted by molar-refractivity contribution is 6.40. The summed E-state index contributed by atoms with van der Waals surface area (Å²) in [4.78, 5) is 0. The minimum absolute atomic E-state index is 0.194. The predicted molar refractivity (Wildman–Crippen MR) is 32.4 cm³/mol. The highest BCUT2D eigenvalue weighted by atomic mass is 35.5. The number of allylic oxidation sites excluding steroid dienone is 1. The summed E-state index contributed by atoms with van der Waals surface area (Å²) in [5, 5.41) is 7.70. The van der Waals surface area contributed by atoms with E-state index < -0.39 is 0 Å². The summed E-state index contributed by atoms with van der Waals surface area (Å²) in [5.41, 5.74) is 0. The molecule has 0 aliphatic rings. The van der Waals surface area contributed by atoms with Crippen molar-refractivity contribution in [3.63, 3.8) is 0 Å². The molecule has 0 radical (unpaired) electrons. The first-order valence-corrected chi connectivity index (χ1v) is 2.52. The van der Waals surface area contributed by atoms with Crippen LogP contribution in [0, 0.1) is 11.3 Å². The van der Waals surface area contributed by atoms with Crippen LogP contribution < -0.4 is 0 Å². The van der Waals surface area contributed by atoms with Crippen LogP contribution in [0.25, 0.3) is 0 Å². The van der Waals surface area contributed by atoms with Crippen molar-refractivity contribution in [2.24, 2.45) is 0 Å². The van der Waals surface area contributed by atoms with E-state index in [2.05, 4.69) is 6.58 Å². The van der Waals surface area contributed by atoms with Crippen LogP contribution in [-0.2, 0) is 0 Å². The molecule has 0 aromatic rings. The molecule has 0 unspecified atom stereocenters. The first-order valence-electron chi connectivity index (χ1n) is 1.46. The van der Waals surface area contributed by atoms with Gasteiger partial charge in [0.25, 0.3) is 0 Å². The van der Waals surface area contributed by atoms with Gasteiger partial charge in [-0.15, -0.1) is 23.2 Å². The molecular weight excluding hydrogens is 133 g/mol. The van der Waals surface area contributed by atoms with E-state index in [9.17, 15) is 0 Å². The number of rotatable bonds is 0. The third kappa shape index (κ3) is 129. The molecule has 1 nitrogen and oxygen atoms in total. The summed E-state index contributed by atoms with van der Waals surface area (Å²) in [6, 6.07) is 1.69. The smallest absolute Gasteiger partial charge is 0.0967 e. The van der Waals surface area contributed by atoms with Gasteiger partial charge in [0, 0.05) is 6.08 Å². The van der Waals surface area contributed by atoms with Crippen molar-refractivity contribution in [2.75, 3.05) is 5.34 Å². The summed E-state index contributed by atoms with van der Waals surface area (Å²) < 4.78 is 0. The molecule has 0 bridgehead atoms. The van der Waals surface area contributed by atoms with Crippen LogP contribution in [0.15, 0.2) is 12.7 Å². The van der Waals surface area contributed by atoms with Crippen LogP contribution in [0.5, 0.6) is 0 Å². The number of alkyl halides is 2. The van der Waals surface area contributed by atoms with Crippen molar-refractivity contribution in [1.29, 1.82) is 5.26 Å². The van der Waals surface area contributed by atoms with Crippen molar-refractivity contribution < 1.29 is 0 Å². The van der Waals surface area contributed by atoms with E-state index in [1.54, 1.807) is 6.07 Å². The Kier molecular flexibility index (Phi) is 24.2. The summed E-state index contributed by atoms with van der Waals surface area (Å²) in [6.07, 6.45) is 1.18. The molecule has 3 heteroatoms. The molecule has 7 heavy (non-hydrogen) atoms. The lowest BCUT2D eigenvalue weighted by atomic mass is 10.8. The fourth-order valence-corrected chi connectivity index (χ4v) is 0. The molecule has 0 aliphatic carbocycles. The zero-order chi connectivity index (χ0) is 6.12. The number of nitriles is 1. The Morgan fingerprint density at radius 2 is 1.86 bits per heavy atom. The van der Waals surface area contributed by atoms with Gasteiger partial charge in [-0.2, -0.15) is 5.26 Å². The van der Waals surface area contributed by atoms with Gasteiger partial charge in [0.2, 0.25) is 0 Å². The van der Waals surface area contributed by atoms with Crippen molar-refractivity contribution in [1.82, 2.24) is 0 Å². The molecule has 40 valence electrons. The number of hydrogen-bond donors (Lipinski definition) is 0. The Labute approximate surface area is 53.1 Å². The van der Waals surface area contributed by atoms with Gasteiger partial charge in [0.1, 0.15) is 0 Å². The normalized spacial score (nSPS) is 4.71. The van der Waals surface area contributed by atoms with Gasteiger partial charge in [-0.05, 0) is 0 Å². The highest BCUT2D eigenvalue weighted by Crippen LogP contribution is 1.73. The second-order valence-electron chi connectivity index (χ2n) is 0.434. The van der Waals surface area contributed by atoms with Crippen LogP contribution in [0.3, 0.4) is 0 Å². The topological polar surface area (TPSA) is 23.8 Å². The fraction of sp³-hybridized carbons (Fsp3) is 0.250. The Morgan fingerprint density at radius 3 is 1.86 bits per heavy atom. The summed E-state index contributed by atoms with van der Waals surface area (Å²) >= 11 is 9.53. The third-order valence-corrected chi connectivity index (χ3v) is 0.0913. The zero-order valence-electron chi connectivity index (χ0n) is 3.69. The molecule has 0 heterocycles. The number of halogens is 2. The summed E-state index contributed by atoms with van der Waals surface area (Å²) in [7, 11) is 0. The first-order chi connectivity index (χ1) is 3.33. The summed E-state index contributed by atoms with van der Waals surface area (Å²) in [6.45, 7) is 3.12. The maximum absolute atomic E-state index is 7.51. The zero-order valence-corrected chi connectivity index (χ0v) is 5.21. The number of nitrogens with zero attached hydrogens (tertiary/aromatic N) is 1. The lowest BCUT2D eigenvalue weighted by Gasteiger charge is -1.42. The predicted octanol–water partition coefficient (Wildman–Crippen LogP) is 2.12. The third-order valence-electron chi connectivity index (χ3n) is 0.0913. The van der Waals surface area contributed by atoms with Crippen LogP contribution in [0.1, 0.15) is 0 Å². The molecule has 0 aromatic heterocycles. The van der Waals surface area contributed by atoms with Gasteiger partial charge in [-0.25, -0.2) is 0 Å². The molecule has 0 N–H and O–H groups in total. The van der Waals surface area contributed by atoms with E-state index in [0.717, 1.165) is 0 Å². The van der Waals surface area contributed by atoms with Gasteiger partial charge < -0.3 is 0 Å². The Bertz CT molecular complexity index is 64.6. The lowest BCUT2D eigenvalue weighted by molar-refractivity contribution is 1.54. The largest absolute Gasteiger partial charge is 0.193 e. The molecule has 0 atom stereocenters. The van der Waals surface area contributed by atoms with E-state index in [-0.39, 0.29) is 5.34 Å². The lowest BCUT2D eigenvalue weighted by Crippen LogP contribution is -1.24. The fourth-order valence-electron chi connectivity index (χ4n) is 0. The SMILES string of the molecule is C=CC#N.ClCCl. The van der Waals surface area contributed by atoms with Crippen molar-refractivity contribution in [2.45, 2.75) is 0 Å². The van der Waals surface area contributed by atoms with Crippen LogP contribution >= 0.6 is 23.2 Å². The minimum Gasteiger partial charge on any atom is -0.193 e. The van der Waals surface area contributed by atoms with Gasteiger partial charge in [-0.3, -0.25) is 0 Å². The highest BCUT2D eigenvalue weighted by Gasteiger charge is 1.41. The van der Waals surface area contributed by atoms with E-state index in [0.29, 0.717) is 0 Å². The quantitative estimate of drug-likeness (QED) is 0.371. The molecule has 0 amide bonds. The van der Waals surface area contributed by atoms with Crippen LogP contribution in [0.2, 0.25) is 0 Å². The van der Waals surface area contributed by atoms with Crippen molar-refractivity contribution >= 4 is 23.2 Å². The van der Waals surface area contributed by atoms with Crippen molar-refractivity contribution in [3.05, 3.63) is 12.7 Å². The average molecular weight is 138 g/mol. The monoisotopic (exact) mass is 137 g/mol. The Hall–Kier alpha value is -0.190. The molecule has 0 saturated carbocycles. The minimum atomic E-state index is 0.194. The molecule has 0 rings (SSSR count). The van der Waals surface area contributed by atoms with E-state index in [1.165, 1.54) is 6.08 Å². The Balaban J connectivity index is 0. The van der Waals surface area contributed by atoms with E-state index in [4.69, 9.17) is 28.5 Å². The van der Waals surface area contributed by atoms with Crippen LogP contribution in [-0.4, -0.2) is 5.34 Å². The maximum Gasteiger partial charge on any atom is 0.0967 e. The van der Waals surface area contributed by atoms with Gasteiger partial charge in [0.15, 0.2) is 0 Å². The molecule has 0 aromatic carbocycles. The molecule has 0 saturated heterocycles. The molecular formula is C4H5Cl2N. The summed E-state index contributed by atoms with van der Waals surface area (Å²) in [5.74, 6) is 0. The standard InChI is InChI=1S/C3H3N.CH2Cl2/c1-2-3-4;2-1-3/h2H,1H2;1H2. The average Bonchev–Trinajstić information content (AvgIpc) is 1.69. The van der Waals surface area contributed by atoms with E-state index in [1.807, 2.05) is 0 Å². The van der Waals surface area contributed by atoms with Gasteiger partial charge in [-0.1, -0.05) is 6.58 Å². The maximum atomic E-state index is 7.51. The van der Waals surface area contributed by atoms with E-state index >= 15 is 0 Å². The second kappa shape index (κ2) is 17.0. The first kappa shape index (κ1) is 9.94. The second-order valence-corrected chi connectivity index (χ2v) is 1.24.